The first kappa shape index (κ1) is 17.8. The monoisotopic (exact) mass is 351 g/mol. The summed E-state index contributed by atoms with van der Waals surface area (Å²) in [7, 11) is 0. The molecular formula is C15H11F2N3O5. The van der Waals surface area contributed by atoms with Gasteiger partial charge in [-0.3, -0.25) is 30.6 Å². The van der Waals surface area contributed by atoms with Crippen LogP contribution in [-0.2, 0) is 4.79 Å². The van der Waals surface area contributed by atoms with Crippen LogP contribution in [0.3, 0.4) is 0 Å². The fraction of sp³-hybridized carbons (Fsp3) is 0.0667. The van der Waals surface area contributed by atoms with Gasteiger partial charge in [0.15, 0.2) is 18.2 Å². The normalized spacial score (nSPS) is 10.0. The Labute approximate surface area is 139 Å². The quantitative estimate of drug-likeness (QED) is 0.629. The van der Waals surface area contributed by atoms with Crippen LogP contribution in [0, 0.1) is 21.7 Å². The topological polar surface area (TPSA) is 111 Å². The molecule has 0 saturated carbocycles. The van der Waals surface area contributed by atoms with Crippen LogP contribution >= 0.6 is 0 Å². The fourth-order valence-electron chi connectivity index (χ4n) is 1.73. The maximum atomic E-state index is 13.3. The summed E-state index contributed by atoms with van der Waals surface area (Å²) in [5.41, 5.74) is 3.71. The van der Waals surface area contributed by atoms with Gasteiger partial charge in [-0.1, -0.05) is 6.07 Å². The average Bonchev–Trinajstić information content (AvgIpc) is 2.59. The van der Waals surface area contributed by atoms with Gasteiger partial charge < -0.3 is 4.74 Å². The van der Waals surface area contributed by atoms with Crippen molar-refractivity contribution in [2.24, 2.45) is 0 Å². The molecule has 0 aliphatic carbocycles. The number of nitro benzene ring substituents is 1. The summed E-state index contributed by atoms with van der Waals surface area (Å²) in [5.74, 6) is -3.71. The highest BCUT2D eigenvalue weighted by molar-refractivity contribution is 5.96. The number of halogens is 2. The van der Waals surface area contributed by atoms with E-state index in [1.165, 1.54) is 18.2 Å². The van der Waals surface area contributed by atoms with Crippen LogP contribution < -0.4 is 15.6 Å². The Balaban J connectivity index is 1.86. The van der Waals surface area contributed by atoms with Gasteiger partial charge in [-0.2, -0.15) is 0 Å². The van der Waals surface area contributed by atoms with Crippen molar-refractivity contribution in [3.8, 4) is 5.75 Å². The summed E-state index contributed by atoms with van der Waals surface area (Å²) in [6.45, 7) is -0.641. The lowest BCUT2D eigenvalue weighted by atomic mass is 10.2. The number of rotatable bonds is 5. The van der Waals surface area contributed by atoms with E-state index in [1.807, 2.05) is 10.9 Å². The molecule has 0 saturated heterocycles. The number of nitrogens with one attached hydrogen (secondary N) is 2. The van der Waals surface area contributed by atoms with E-state index >= 15 is 0 Å². The minimum absolute atomic E-state index is 0.0417. The summed E-state index contributed by atoms with van der Waals surface area (Å²) in [6, 6.07) is 7.44. The molecule has 0 heterocycles. The van der Waals surface area contributed by atoms with Crippen LogP contribution in [-0.4, -0.2) is 23.3 Å². The molecule has 25 heavy (non-hydrogen) atoms. The molecule has 2 rings (SSSR count). The number of amides is 2. The van der Waals surface area contributed by atoms with Crippen molar-refractivity contribution in [3.05, 3.63) is 69.8 Å². The molecule has 0 aromatic heterocycles. The lowest BCUT2D eigenvalue weighted by Crippen LogP contribution is -2.43. The molecular weight excluding hydrogens is 340 g/mol. The maximum Gasteiger partial charge on any atom is 0.276 e. The zero-order valence-electron chi connectivity index (χ0n) is 12.5. The van der Waals surface area contributed by atoms with Crippen LogP contribution in [0.1, 0.15) is 10.4 Å². The number of non-ortho nitro benzene ring substituents is 1. The Morgan fingerprint density at radius 3 is 2.56 bits per heavy atom. The summed E-state index contributed by atoms with van der Waals surface area (Å²) < 4.78 is 30.9. The minimum atomic E-state index is -0.978. The third kappa shape index (κ3) is 4.96. The Hall–Kier alpha value is -3.56. The van der Waals surface area contributed by atoms with Crippen LogP contribution in [0.4, 0.5) is 14.5 Å². The third-order valence-electron chi connectivity index (χ3n) is 2.89. The molecule has 0 atom stereocenters. The predicted molar refractivity (Wildman–Crippen MR) is 80.6 cm³/mol. The van der Waals surface area contributed by atoms with Gasteiger partial charge in [0.05, 0.1) is 4.92 Å². The number of carbonyl (C=O) groups excluding carboxylic acids is 2. The van der Waals surface area contributed by atoms with Crippen LogP contribution in [0.5, 0.6) is 5.75 Å². The van der Waals surface area contributed by atoms with Gasteiger partial charge in [-0.25, -0.2) is 8.78 Å². The van der Waals surface area contributed by atoms with Crippen LogP contribution in [0.25, 0.3) is 0 Å². The van der Waals surface area contributed by atoms with Crippen LogP contribution in [0.15, 0.2) is 42.5 Å². The zero-order valence-corrected chi connectivity index (χ0v) is 12.5. The minimum Gasteiger partial charge on any atom is -0.481 e. The fourth-order valence-corrected chi connectivity index (χ4v) is 1.73. The van der Waals surface area contributed by atoms with Crippen molar-refractivity contribution < 1.29 is 28.0 Å². The molecule has 2 aromatic carbocycles. The number of benzene rings is 2. The van der Waals surface area contributed by atoms with Gasteiger partial charge in [0.2, 0.25) is 0 Å². The van der Waals surface area contributed by atoms with Crippen molar-refractivity contribution in [3.63, 3.8) is 0 Å². The van der Waals surface area contributed by atoms with Gasteiger partial charge >= 0.3 is 0 Å². The highest BCUT2D eigenvalue weighted by Crippen LogP contribution is 2.17. The number of nitrogens with zero attached hydrogens (tertiary/aromatic N) is 1. The molecule has 130 valence electrons. The molecule has 0 unspecified atom stereocenters. The molecule has 0 aliphatic heterocycles. The molecule has 2 N–H and O–H groups in total. The Kier molecular flexibility index (Phi) is 5.56. The second kappa shape index (κ2) is 7.81. The number of hydrogen-bond donors (Lipinski definition) is 2. The molecule has 8 nitrogen and oxygen atoms in total. The Morgan fingerprint density at radius 1 is 1.12 bits per heavy atom. The highest BCUT2D eigenvalue weighted by atomic mass is 19.1. The average molecular weight is 351 g/mol. The van der Waals surface area contributed by atoms with Crippen molar-refractivity contribution in [2.75, 3.05) is 6.61 Å². The summed E-state index contributed by atoms with van der Waals surface area (Å²) >= 11 is 0. The summed E-state index contributed by atoms with van der Waals surface area (Å²) in [5, 5.41) is 10.6. The first-order valence-electron chi connectivity index (χ1n) is 6.78. The lowest BCUT2D eigenvalue weighted by Gasteiger charge is -2.09. The number of ether oxygens (including phenoxy) is 1. The lowest BCUT2D eigenvalue weighted by molar-refractivity contribution is -0.384. The van der Waals surface area contributed by atoms with E-state index in [2.05, 4.69) is 0 Å². The number of hydrazine groups is 1. The van der Waals surface area contributed by atoms with Gasteiger partial charge in [-0.05, 0) is 18.2 Å². The number of carbonyl (C=O) groups is 2. The van der Waals surface area contributed by atoms with E-state index in [0.717, 1.165) is 18.2 Å². The van der Waals surface area contributed by atoms with Crippen molar-refractivity contribution >= 4 is 17.5 Å². The van der Waals surface area contributed by atoms with Gasteiger partial charge in [0.25, 0.3) is 17.5 Å². The van der Waals surface area contributed by atoms with E-state index in [1.54, 1.807) is 0 Å². The predicted octanol–water partition coefficient (Wildman–Crippen LogP) is 1.71. The molecule has 0 spiro atoms. The molecule has 0 radical (unpaired) electrons. The number of hydrogen-bond acceptors (Lipinski definition) is 5. The standard InChI is InChI=1S/C15H11F2N3O5/c16-10-4-5-13(12(17)7-10)25-8-14(21)18-19-15(22)9-2-1-3-11(6-9)20(23)24/h1-7H,8H2,(H,18,21)(H,19,22). The largest absolute Gasteiger partial charge is 0.481 e. The third-order valence-corrected chi connectivity index (χ3v) is 2.89. The maximum absolute atomic E-state index is 13.3. The molecule has 0 fully saturated rings. The van der Waals surface area contributed by atoms with Gasteiger partial charge in [0.1, 0.15) is 5.82 Å². The molecule has 10 heteroatoms. The molecule has 2 amide bonds. The SMILES string of the molecule is O=C(COc1ccc(F)cc1F)NNC(=O)c1cccc([N+](=O)[O-])c1. The number of nitro groups is 1. The van der Waals surface area contributed by atoms with Gasteiger partial charge in [-0.15, -0.1) is 0 Å². The highest BCUT2D eigenvalue weighted by Gasteiger charge is 2.13. The molecule has 0 bridgehead atoms. The van der Waals surface area contributed by atoms with E-state index in [-0.39, 0.29) is 17.0 Å². The molecule has 2 aromatic rings. The van der Waals surface area contributed by atoms with E-state index in [9.17, 15) is 28.5 Å². The smallest absolute Gasteiger partial charge is 0.276 e. The van der Waals surface area contributed by atoms with E-state index in [4.69, 9.17) is 4.74 Å². The van der Waals surface area contributed by atoms with Crippen LogP contribution in [0.2, 0.25) is 0 Å². The Bertz CT molecular complexity index is 829. The second-order valence-corrected chi connectivity index (χ2v) is 4.67. The Morgan fingerprint density at radius 2 is 1.88 bits per heavy atom. The first-order valence-corrected chi connectivity index (χ1v) is 6.78. The molecule has 0 aliphatic rings. The van der Waals surface area contributed by atoms with Gasteiger partial charge in [0, 0.05) is 23.8 Å². The van der Waals surface area contributed by atoms with Crippen molar-refractivity contribution in [1.29, 1.82) is 0 Å². The van der Waals surface area contributed by atoms with E-state index < -0.39 is 35.0 Å². The van der Waals surface area contributed by atoms with E-state index in [0.29, 0.717) is 6.07 Å². The zero-order chi connectivity index (χ0) is 18.4. The summed E-state index contributed by atoms with van der Waals surface area (Å²) in [4.78, 5) is 33.3. The summed E-state index contributed by atoms with van der Waals surface area (Å²) in [6.07, 6.45) is 0. The second-order valence-electron chi connectivity index (χ2n) is 4.67. The van der Waals surface area contributed by atoms with Crippen molar-refractivity contribution in [2.45, 2.75) is 0 Å². The first-order chi connectivity index (χ1) is 11.9. The van der Waals surface area contributed by atoms with Crippen molar-refractivity contribution in [1.82, 2.24) is 10.9 Å².